The third-order valence-electron chi connectivity index (χ3n) is 5.00. The molecule has 1 aromatic carbocycles. The summed E-state index contributed by atoms with van der Waals surface area (Å²) in [6.07, 6.45) is 6.01. The van der Waals surface area contributed by atoms with Gasteiger partial charge < -0.3 is 9.64 Å². The van der Waals surface area contributed by atoms with Gasteiger partial charge >= 0.3 is 0 Å². The maximum absolute atomic E-state index is 12.7. The lowest BCUT2D eigenvalue weighted by Gasteiger charge is -2.38. The van der Waals surface area contributed by atoms with Gasteiger partial charge in [-0.05, 0) is 49.9 Å². The largest absolute Gasteiger partial charge is 0.375 e. The van der Waals surface area contributed by atoms with Crippen LogP contribution in [0.4, 0.5) is 0 Å². The highest BCUT2D eigenvalue weighted by Crippen LogP contribution is 2.35. The Kier molecular flexibility index (Phi) is 3.34. The van der Waals surface area contributed by atoms with Crippen LogP contribution in [0.5, 0.6) is 0 Å². The average Bonchev–Trinajstić information content (AvgIpc) is 3.02. The third-order valence-corrected chi connectivity index (χ3v) is 5.00. The Bertz CT molecular complexity index is 697. The van der Waals surface area contributed by atoms with E-state index in [0.717, 1.165) is 61.8 Å². The van der Waals surface area contributed by atoms with Gasteiger partial charge in [0.05, 0.1) is 11.1 Å². The molecule has 4 rings (SSSR count). The molecule has 114 valence electrons. The van der Waals surface area contributed by atoms with Gasteiger partial charge in [0, 0.05) is 36.8 Å². The molecule has 4 heteroatoms. The summed E-state index contributed by atoms with van der Waals surface area (Å²) in [6.45, 7) is 2.47. The van der Waals surface area contributed by atoms with E-state index in [-0.39, 0.29) is 11.5 Å². The smallest absolute Gasteiger partial charge is 0.253 e. The van der Waals surface area contributed by atoms with Crippen LogP contribution in [-0.4, -0.2) is 41.1 Å². The van der Waals surface area contributed by atoms with E-state index in [2.05, 4.69) is 4.98 Å². The van der Waals surface area contributed by atoms with Crippen LogP contribution in [-0.2, 0) is 4.74 Å². The summed E-state index contributed by atoms with van der Waals surface area (Å²) in [5.74, 6) is 0.124. The molecule has 0 radical (unpaired) electrons. The highest BCUT2D eigenvalue weighted by atomic mass is 16.5. The number of nitrogens with zero attached hydrogens (tertiary/aromatic N) is 2. The van der Waals surface area contributed by atoms with Gasteiger partial charge in [0.15, 0.2) is 0 Å². The third kappa shape index (κ3) is 2.37. The van der Waals surface area contributed by atoms with E-state index in [4.69, 9.17) is 4.74 Å². The first-order chi connectivity index (χ1) is 10.8. The molecule has 2 saturated heterocycles. The zero-order chi connectivity index (χ0) is 15.0. The molecule has 1 spiro atoms. The number of ether oxygens (including phenoxy) is 1. The van der Waals surface area contributed by atoms with Gasteiger partial charge in [-0.15, -0.1) is 0 Å². The highest BCUT2D eigenvalue weighted by Gasteiger charge is 2.39. The molecule has 0 saturated carbocycles. The van der Waals surface area contributed by atoms with E-state index >= 15 is 0 Å². The van der Waals surface area contributed by atoms with Crippen molar-refractivity contribution in [3.05, 3.63) is 42.1 Å². The standard InChI is InChI=1S/C18H20N2O2/c21-17(15-4-5-16-14(13-15)3-1-9-19-16)20-10-7-18(8-11-20)6-2-12-22-18/h1,3-5,9,13H,2,6-8,10-12H2. The average molecular weight is 296 g/mol. The number of benzene rings is 1. The molecular weight excluding hydrogens is 276 g/mol. The summed E-state index contributed by atoms with van der Waals surface area (Å²) < 4.78 is 5.93. The van der Waals surface area contributed by atoms with Crippen molar-refractivity contribution in [1.82, 2.24) is 9.88 Å². The Morgan fingerprint density at radius 1 is 1.18 bits per heavy atom. The molecule has 4 nitrogen and oxygen atoms in total. The number of piperidine rings is 1. The summed E-state index contributed by atoms with van der Waals surface area (Å²) in [5, 5.41) is 1.01. The number of carbonyl (C=O) groups is 1. The fourth-order valence-corrected chi connectivity index (χ4v) is 3.66. The molecule has 2 aliphatic heterocycles. The fraction of sp³-hybridized carbons (Fsp3) is 0.444. The molecule has 0 atom stereocenters. The maximum Gasteiger partial charge on any atom is 0.253 e. The van der Waals surface area contributed by atoms with Crippen LogP contribution in [0.15, 0.2) is 36.5 Å². The minimum Gasteiger partial charge on any atom is -0.375 e. The molecule has 0 N–H and O–H groups in total. The topological polar surface area (TPSA) is 42.4 Å². The minimum atomic E-state index is 0.0596. The Balaban J connectivity index is 1.51. The predicted octanol–water partition coefficient (Wildman–Crippen LogP) is 3.02. The van der Waals surface area contributed by atoms with Crippen molar-refractivity contribution in [2.45, 2.75) is 31.3 Å². The van der Waals surface area contributed by atoms with Crippen molar-refractivity contribution < 1.29 is 9.53 Å². The molecule has 2 fully saturated rings. The van der Waals surface area contributed by atoms with Crippen molar-refractivity contribution in [2.75, 3.05) is 19.7 Å². The van der Waals surface area contributed by atoms with Crippen LogP contribution in [0.25, 0.3) is 10.9 Å². The first kappa shape index (κ1) is 13.7. The maximum atomic E-state index is 12.7. The summed E-state index contributed by atoms with van der Waals surface area (Å²) in [6, 6.07) is 9.65. The highest BCUT2D eigenvalue weighted by molar-refractivity contribution is 5.98. The number of aromatic nitrogens is 1. The summed E-state index contributed by atoms with van der Waals surface area (Å²) in [7, 11) is 0. The predicted molar refractivity (Wildman–Crippen MR) is 84.8 cm³/mol. The van der Waals surface area contributed by atoms with E-state index in [1.54, 1.807) is 6.20 Å². The van der Waals surface area contributed by atoms with E-state index in [1.807, 2.05) is 35.2 Å². The van der Waals surface area contributed by atoms with Crippen molar-refractivity contribution in [3.63, 3.8) is 0 Å². The van der Waals surface area contributed by atoms with Crippen LogP contribution < -0.4 is 0 Å². The number of hydrogen-bond donors (Lipinski definition) is 0. The molecule has 0 unspecified atom stereocenters. The number of amides is 1. The molecule has 1 amide bonds. The Hall–Kier alpha value is -1.94. The zero-order valence-corrected chi connectivity index (χ0v) is 12.6. The first-order valence-electron chi connectivity index (χ1n) is 8.04. The van der Waals surface area contributed by atoms with Gasteiger partial charge in [0.2, 0.25) is 0 Å². The normalized spacial score (nSPS) is 20.6. The van der Waals surface area contributed by atoms with Crippen molar-refractivity contribution in [1.29, 1.82) is 0 Å². The summed E-state index contributed by atoms with van der Waals surface area (Å²) in [5.41, 5.74) is 1.74. The van der Waals surface area contributed by atoms with Crippen LogP contribution in [0, 0.1) is 0 Å². The van der Waals surface area contributed by atoms with Crippen molar-refractivity contribution in [2.24, 2.45) is 0 Å². The molecule has 1 aromatic heterocycles. The lowest BCUT2D eigenvalue weighted by atomic mass is 9.88. The SMILES string of the molecule is O=C(c1ccc2ncccc2c1)N1CCC2(CCCO2)CC1. The number of carbonyl (C=O) groups excluding carboxylic acids is 1. The lowest BCUT2D eigenvalue weighted by molar-refractivity contribution is -0.0387. The molecule has 0 bridgehead atoms. The molecule has 22 heavy (non-hydrogen) atoms. The van der Waals surface area contributed by atoms with Gasteiger partial charge in [-0.3, -0.25) is 9.78 Å². The summed E-state index contributed by atoms with van der Waals surface area (Å²) in [4.78, 5) is 19.0. The van der Waals surface area contributed by atoms with E-state index < -0.39 is 0 Å². The van der Waals surface area contributed by atoms with Crippen LogP contribution in [0.3, 0.4) is 0 Å². The summed E-state index contributed by atoms with van der Waals surface area (Å²) >= 11 is 0. The number of fused-ring (bicyclic) bond motifs is 1. The number of rotatable bonds is 1. The van der Waals surface area contributed by atoms with E-state index in [1.165, 1.54) is 0 Å². The lowest BCUT2D eigenvalue weighted by Crippen LogP contribution is -2.46. The van der Waals surface area contributed by atoms with Gasteiger partial charge in [0.25, 0.3) is 5.91 Å². The minimum absolute atomic E-state index is 0.0596. The molecule has 3 heterocycles. The molecule has 2 aromatic rings. The second-order valence-electron chi connectivity index (χ2n) is 6.34. The van der Waals surface area contributed by atoms with Crippen LogP contribution >= 0.6 is 0 Å². The van der Waals surface area contributed by atoms with Crippen molar-refractivity contribution >= 4 is 16.8 Å². The van der Waals surface area contributed by atoms with Gasteiger partial charge in [-0.1, -0.05) is 6.07 Å². The number of pyridine rings is 1. The number of hydrogen-bond acceptors (Lipinski definition) is 3. The van der Waals surface area contributed by atoms with Gasteiger partial charge in [-0.2, -0.15) is 0 Å². The van der Waals surface area contributed by atoms with Crippen LogP contribution in [0.2, 0.25) is 0 Å². The van der Waals surface area contributed by atoms with Crippen LogP contribution in [0.1, 0.15) is 36.0 Å². The van der Waals surface area contributed by atoms with Gasteiger partial charge in [-0.25, -0.2) is 0 Å². The van der Waals surface area contributed by atoms with E-state index in [0.29, 0.717) is 0 Å². The Morgan fingerprint density at radius 2 is 2.05 bits per heavy atom. The second-order valence-corrected chi connectivity index (χ2v) is 6.34. The molecular formula is C18H20N2O2. The Labute approximate surface area is 130 Å². The molecule has 0 aliphatic carbocycles. The second kappa shape index (κ2) is 5.36. The fourth-order valence-electron chi connectivity index (χ4n) is 3.66. The first-order valence-corrected chi connectivity index (χ1v) is 8.04. The van der Waals surface area contributed by atoms with Gasteiger partial charge in [0.1, 0.15) is 0 Å². The zero-order valence-electron chi connectivity index (χ0n) is 12.6. The Morgan fingerprint density at radius 3 is 2.82 bits per heavy atom. The van der Waals surface area contributed by atoms with Crippen molar-refractivity contribution in [3.8, 4) is 0 Å². The van der Waals surface area contributed by atoms with E-state index in [9.17, 15) is 4.79 Å². The monoisotopic (exact) mass is 296 g/mol. The molecule has 2 aliphatic rings. The quantitative estimate of drug-likeness (QED) is 0.812. The number of likely N-dealkylation sites (tertiary alicyclic amines) is 1.